The molecule has 0 saturated carbocycles. The van der Waals surface area contributed by atoms with E-state index in [1.807, 2.05) is 6.92 Å². The second-order valence-electron chi connectivity index (χ2n) is 4.62. The molecule has 1 N–H and O–H groups in total. The minimum Gasteiger partial charge on any atom is -0.458 e. The van der Waals surface area contributed by atoms with Gasteiger partial charge in [0.15, 0.2) is 4.34 Å². The molecular formula is C14H16N4O3S2. The van der Waals surface area contributed by atoms with Crippen LogP contribution >= 0.6 is 23.1 Å². The Balaban J connectivity index is 2.08. The molecule has 122 valence electrons. The fourth-order valence-electron chi connectivity index (χ4n) is 1.55. The number of nitrogens with zero attached hydrogens (tertiary/aromatic N) is 3. The highest BCUT2D eigenvalue weighted by atomic mass is 32.2. The van der Waals surface area contributed by atoms with Gasteiger partial charge in [0.2, 0.25) is 5.13 Å². The number of amides is 1. The van der Waals surface area contributed by atoms with E-state index in [2.05, 4.69) is 20.5 Å². The van der Waals surface area contributed by atoms with E-state index in [1.165, 1.54) is 23.5 Å². The summed E-state index contributed by atoms with van der Waals surface area (Å²) in [5.41, 5.74) is 0.203. The number of anilines is 1. The molecule has 7 nitrogen and oxygen atoms in total. The van der Waals surface area contributed by atoms with E-state index < -0.39 is 11.9 Å². The normalized spacial score (nSPS) is 10.6. The summed E-state index contributed by atoms with van der Waals surface area (Å²) in [4.78, 5) is 28.0. The smallest absolute Gasteiger partial charge is 0.357 e. The van der Waals surface area contributed by atoms with Crippen molar-refractivity contribution in [3.63, 3.8) is 0 Å². The Hall–Kier alpha value is -2.00. The number of aromatic nitrogens is 3. The number of esters is 1. The number of rotatable bonds is 6. The molecule has 0 saturated heterocycles. The SMILES string of the molecule is CCSc1nnc(NC(=O)c2cccc(C(=O)OC(C)C)n2)s1. The molecule has 0 atom stereocenters. The van der Waals surface area contributed by atoms with E-state index >= 15 is 0 Å². The molecule has 2 rings (SSSR count). The maximum Gasteiger partial charge on any atom is 0.357 e. The van der Waals surface area contributed by atoms with Gasteiger partial charge < -0.3 is 4.74 Å². The Morgan fingerprint density at radius 3 is 2.74 bits per heavy atom. The van der Waals surface area contributed by atoms with E-state index in [0.29, 0.717) is 5.13 Å². The topological polar surface area (TPSA) is 94.1 Å². The van der Waals surface area contributed by atoms with Crippen molar-refractivity contribution in [2.45, 2.75) is 31.2 Å². The first kappa shape index (κ1) is 17.4. The van der Waals surface area contributed by atoms with Crippen molar-refractivity contribution in [1.29, 1.82) is 0 Å². The summed E-state index contributed by atoms with van der Waals surface area (Å²) in [7, 11) is 0. The van der Waals surface area contributed by atoms with Gasteiger partial charge in [-0.15, -0.1) is 10.2 Å². The molecule has 0 unspecified atom stereocenters. The lowest BCUT2D eigenvalue weighted by molar-refractivity contribution is 0.0371. The predicted molar refractivity (Wildman–Crippen MR) is 89.0 cm³/mol. The standard InChI is InChI=1S/C14H16N4O3S2/c1-4-22-14-18-17-13(23-14)16-11(19)9-6-5-7-10(15-9)12(20)21-8(2)3/h5-8H,4H2,1-3H3,(H,16,17,19). The third-order valence-electron chi connectivity index (χ3n) is 2.43. The highest BCUT2D eigenvalue weighted by Crippen LogP contribution is 2.25. The van der Waals surface area contributed by atoms with Crippen molar-refractivity contribution >= 4 is 40.1 Å². The highest BCUT2D eigenvalue weighted by Gasteiger charge is 2.16. The Labute approximate surface area is 141 Å². The molecule has 0 aliphatic heterocycles. The summed E-state index contributed by atoms with van der Waals surface area (Å²) in [6.45, 7) is 5.50. The van der Waals surface area contributed by atoms with Gasteiger partial charge >= 0.3 is 5.97 Å². The molecule has 0 aliphatic carbocycles. The third-order valence-corrected chi connectivity index (χ3v) is 4.28. The molecule has 0 aromatic carbocycles. The van der Waals surface area contributed by atoms with Crippen LogP contribution in [0.1, 0.15) is 41.7 Å². The van der Waals surface area contributed by atoms with E-state index in [-0.39, 0.29) is 17.5 Å². The van der Waals surface area contributed by atoms with Crippen LogP contribution in [0.4, 0.5) is 5.13 Å². The van der Waals surface area contributed by atoms with Crippen LogP contribution in [0.3, 0.4) is 0 Å². The first-order valence-electron chi connectivity index (χ1n) is 6.95. The van der Waals surface area contributed by atoms with Crippen molar-refractivity contribution in [3.8, 4) is 0 Å². The zero-order valence-corrected chi connectivity index (χ0v) is 14.5. The second kappa shape index (κ2) is 8.02. The van der Waals surface area contributed by atoms with Crippen LogP contribution in [0.2, 0.25) is 0 Å². The third kappa shape index (κ3) is 5.00. The van der Waals surface area contributed by atoms with Crippen LogP contribution in [0.25, 0.3) is 0 Å². The number of hydrogen-bond donors (Lipinski definition) is 1. The summed E-state index contributed by atoms with van der Waals surface area (Å²) < 4.78 is 5.85. The number of thioether (sulfide) groups is 1. The van der Waals surface area contributed by atoms with Crippen molar-refractivity contribution in [3.05, 3.63) is 29.6 Å². The summed E-state index contributed by atoms with van der Waals surface area (Å²) in [5.74, 6) is -0.134. The molecular weight excluding hydrogens is 336 g/mol. The Kier molecular flexibility index (Phi) is 6.05. The van der Waals surface area contributed by atoms with Gasteiger partial charge in [0.05, 0.1) is 6.10 Å². The fraction of sp³-hybridized carbons (Fsp3) is 0.357. The molecule has 2 aromatic heterocycles. The number of nitrogens with one attached hydrogen (secondary N) is 1. The van der Waals surface area contributed by atoms with Crippen LogP contribution in [0.5, 0.6) is 0 Å². The largest absolute Gasteiger partial charge is 0.458 e. The Morgan fingerprint density at radius 2 is 2.04 bits per heavy atom. The number of pyridine rings is 1. The quantitative estimate of drug-likeness (QED) is 0.485. The first-order valence-corrected chi connectivity index (χ1v) is 8.75. The molecule has 0 aliphatic rings. The summed E-state index contributed by atoms with van der Waals surface area (Å²) in [6.07, 6.45) is -0.252. The second-order valence-corrected chi connectivity index (χ2v) is 7.11. The maximum atomic E-state index is 12.2. The lowest BCUT2D eigenvalue weighted by Gasteiger charge is -2.07. The minimum atomic E-state index is -0.563. The minimum absolute atomic E-state index is 0.0887. The summed E-state index contributed by atoms with van der Waals surface area (Å²) in [5, 5.41) is 10.9. The number of ether oxygens (including phenoxy) is 1. The van der Waals surface area contributed by atoms with Crippen LogP contribution in [0, 0.1) is 0 Å². The van der Waals surface area contributed by atoms with Crippen LogP contribution in [-0.2, 0) is 4.74 Å². The van der Waals surface area contributed by atoms with E-state index in [4.69, 9.17) is 4.74 Å². The molecule has 0 fully saturated rings. The number of carbonyl (C=O) groups is 2. The molecule has 2 aromatic rings. The molecule has 23 heavy (non-hydrogen) atoms. The highest BCUT2D eigenvalue weighted by molar-refractivity contribution is 8.01. The molecule has 2 heterocycles. The maximum absolute atomic E-state index is 12.2. The van der Waals surface area contributed by atoms with Gasteiger partial charge in [0.1, 0.15) is 11.4 Å². The lowest BCUT2D eigenvalue weighted by Crippen LogP contribution is -2.17. The number of carbonyl (C=O) groups excluding carboxylic acids is 2. The zero-order chi connectivity index (χ0) is 16.8. The zero-order valence-electron chi connectivity index (χ0n) is 12.9. The van der Waals surface area contributed by atoms with Crippen molar-refractivity contribution < 1.29 is 14.3 Å². The first-order chi connectivity index (χ1) is 11.0. The Morgan fingerprint density at radius 1 is 1.30 bits per heavy atom. The van der Waals surface area contributed by atoms with Gasteiger partial charge in [-0.1, -0.05) is 36.1 Å². The van der Waals surface area contributed by atoms with Gasteiger partial charge in [-0.2, -0.15) is 0 Å². The average molecular weight is 352 g/mol. The average Bonchev–Trinajstić information content (AvgIpc) is 2.94. The van der Waals surface area contributed by atoms with Gasteiger partial charge in [-0.3, -0.25) is 10.1 Å². The fourth-order valence-corrected chi connectivity index (χ4v) is 3.20. The monoisotopic (exact) mass is 352 g/mol. The van der Waals surface area contributed by atoms with Gasteiger partial charge in [0.25, 0.3) is 5.91 Å². The summed E-state index contributed by atoms with van der Waals surface area (Å²) in [6, 6.07) is 4.60. The van der Waals surface area contributed by atoms with Crippen molar-refractivity contribution in [1.82, 2.24) is 15.2 Å². The van der Waals surface area contributed by atoms with E-state index in [0.717, 1.165) is 10.1 Å². The predicted octanol–water partition coefficient (Wildman–Crippen LogP) is 2.86. The molecule has 0 bridgehead atoms. The lowest BCUT2D eigenvalue weighted by atomic mass is 10.3. The van der Waals surface area contributed by atoms with Crippen LogP contribution in [0.15, 0.2) is 22.5 Å². The summed E-state index contributed by atoms with van der Waals surface area (Å²) >= 11 is 2.84. The van der Waals surface area contributed by atoms with Crippen LogP contribution in [-0.4, -0.2) is 38.9 Å². The number of hydrogen-bond acceptors (Lipinski definition) is 8. The van der Waals surface area contributed by atoms with Crippen molar-refractivity contribution in [2.24, 2.45) is 0 Å². The van der Waals surface area contributed by atoms with Gasteiger partial charge in [-0.05, 0) is 31.7 Å². The van der Waals surface area contributed by atoms with Gasteiger partial charge in [0, 0.05) is 0 Å². The van der Waals surface area contributed by atoms with E-state index in [1.54, 1.807) is 31.7 Å². The molecule has 0 radical (unpaired) electrons. The van der Waals surface area contributed by atoms with Crippen molar-refractivity contribution in [2.75, 3.05) is 11.1 Å². The van der Waals surface area contributed by atoms with Crippen LogP contribution < -0.4 is 5.32 Å². The van der Waals surface area contributed by atoms with E-state index in [9.17, 15) is 9.59 Å². The Bertz CT molecular complexity index is 703. The van der Waals surface area contributed by atoms with Gasteiger partial charge in [-0.25, -0.2) is 9.78 Å². The molecule has 1 amide bonds. The molecule has 0 spiro atoms. The molecule has 9 heteroatoms.